The van der Waals surface area contributed by atoms with E-state index in [0.717, 1.165) is 0 Å². The van der Waals surface area contributed by atoms with Gasteiger partial charge in [-0.2, -0.15) is 0 Å². The molecule has 1 fully saturated rings. The summed E-state index contributed by atoms with van der Waals surface area (Å²) >= 11 is 0. The monoisotopic (exact) mass is 185 g/mol. The Morgan fingerprint density at radius 3 is 1.31 bits per heavy atom. The summed E-state index contributed by atoms with van der Waals surface area (Å²) in [5.74, 6) is 0. The van der Waals surface area contributed by atoms with Crippen molar-refractivity contribution in [2.24, 2.45) is 0 Å². The van der Waals surface area contributed by atoms with Crippen molar-refractivity contribution in [3.05, 3.63) is 30.6 Å². The van der Waals surface area contributed by atoms with Crippen LogP contribution < -0.4 is 0 Å². The fraction of sp³-hybridized carbons (Fsp3) is 0.545. The highest BCUT2D eigenvalue weighted by Crippen LogP contribution is 2.14. The summed E-state index contributed by atoms with van der Waals surface area (Å²) in [6, 6.07) is 5.72. The lowest BCUT2D eigenvalue weighted by Gasteiger charge is -1.70. The summed E-state index contributed by atoms with van der Waals surface area (Å²) in [6.45, 7) is 4.00. The van der Waals surface area contributed by atoms with E-state index < -0.39 is 0 Å². The molecule has 0 unspecified atom stereocenters. The molecular formula is C11H20FN. The Labute approximate surface area is 81.0 Å². The van der Waals surface area contributed by atoms with E-state index in [2.05, 4.69) is 4.98 Å². The maximum Gasteiger partial charge on any atom is 0.0785 e. The number of alkyl halides is 1. The molecule has 0 atom stereocenters. The third-order valence-corrected chi connectivity index (χ3v) is 0.920. The highest BCUT2D eigenvalue weighted by Gasteiger charge is 1.95. The fourth-order valence-corrected chi connectivity index (χ4v) is 0.313. The van der Waals surface area contributed by atoms with Crippen molar-refractivity contribution >= 4 is 0 Å². The molecule has 0 aromatic carbocycles. The van der Waals surface area contributed by atoms with Crippen LogP contribution in [0, 0.1) is 0 Å². The average molecular weight is 185 g/mol. The van der Waals surface area contributed by atoms with Crippen LogP contribution in [-0.2, 0) is 0 Å². The molecule has 1 heterocycles. The molecule has 1 saturated carbocycles. The Balaban J connectivity index is 0. The Bertz CT molecular complexity index is 111. The SMILES string of the molecule is C1CC1.CC.CF.c1ccncc1. The summed E-state index contributed by atoms with van der Waals surface area (Å²) in [5, 5.41) is 0. The van der Waals surface area contributed by atoms with E-state index in [4.69, 9.17) is 0 Å². The number of halogens is 1. The predicted molar refractivity (Wildman–Crippen MR) is 56.5 cm³/mol. The predicted octanol–water partition coefficient (Wildman–Crippen LogP) is 3.86. The van der Waals surface area contributed by atoms with Gasteiger partial charge in [-0.1, -0.05) is 39.2 Å². The Kier molecular flexibility index (Phi) is 19.4. The molecule has 1 aromatic heterocycles. The van der Waals surface area contributed by atoms with Gasteiger partial charge in [-0.05, 0) is 12.1 Å². The standard InChI is InChI=1S/C5H5N.C3H6.C2H6.CH3F/c1-2-4-6-5-3-1;1-2-3-1;2*1-2/h1-5H;1-3H2;1-2H3;1H3. The number of rotatable bonds is 0. The molecule has 76 valence electrons. The molecule has 2 heteroatoms. The molecule has 0 N–H and O–H groups in total. The number of hydrogen-bond donors (Lipinski definition) is 0. The zero-order valence-corrected chi connectivity index (χ0v) is 8.83. The molecule has 0 saturated heterocycles. The van der Waals surface area contributed by atoms with Crippen molar-refractivity contribution in [2.45, 2.75) is 33.1 Å². The summed E-state index contributed by atoms with van der Waals surface area (Å²) in [5.41, 5.74) is 0. The highest BCUT2D eigenvalue weighted by molar-refractivity contribution is 4.88. The molecule has 0 aliphatic heterocycles. The summed E-state index contributed by atoms with van der Waals surface area (Å²) in [4.78, 5) is 3.78. The van der Waals surface area contributed by atoms with Gasteiger partial charge in [0.05, 0.1) is 7.18 Å². The highest BCUT2D eigenvalue weighted by atomic mass is 19.1. The largest absolute Gasteiger partial charge is 0.265 e. The summed E-state index contributed by atoms with van der Waals surface area (Å²) < 4.78 is 9.50. The van der Waals surface area contributed by atoms with Crippen molar-refractivity contribution in [1.82, 2.24) is 4.98 Å². The second kappa shape index (κ2) is 17.2. The van der Waals surface area contributed by atoms with Crippen LogP contribution in [0.2, 0.25) is 0 Å². The van der Waals surface area contributed by atoms with Gasteiger partial charge in [-0.15, -0.1) is 0 Å². The zero-order valence-electron chi connectivity index (χ0n) is 8.83. The van der Waals surface area contributed by atoms with E-state index in [9.17, 15) is 4.39 Å². The smallest absolute Gasteiger partial charge is 0.0785 e. The molecule has 0 amide bonds. The maximum atomic E-state index is 9.50. The van der Waals surface area contributed by atoms with E-state index in [0.29, 0.717) is 7.18 Å². The number of hydrogen-bond acceptors (Lipinski definition) is 1. The minimum Gasteiger partial charge on any atom is -0.265 e. The lowest BCUT2D eigenvalue weighted by atomic mass is 10.5. The molecule has 1 aromatic rings. The number of nitrogens with zero attached hydrogens (tertiary/aromatic N) is 1. The van der Waals surface area contributed by atoms with Crippen molar-refractivity contribution in [3.63, 3.8) is 0 Å². The molecule has 1 nitrogen and oxygen atoms in total. The Morgan fingerprint density at radius 1 is 0.846 bits per heavy atom. The topological polar surface area (TPSA) is 12.9 Å². The number of pyridine rings is 1. The Morgan fingerprint density at radius 2 is 1.23 bits per heavy atom. The molecule has 0 bridgehead atoms. The van der Waals surface area contributed by atoms with Crippen LogP contribution >= 0.6 is 0 Å². The third-order valence-electron chi connectivity index (χ3n) is 0.920. The Hall–Kier alpha value is -0.920. The van der Waals surface area contributed by atoms with Gasteiger partial charge in [-0.3, -0.25) is 9.37 Å². The van der Waals surface area contributed by atoms with Gasteiger partial charge < -0.3 is 0 Å². The van der Waals surface area contributed by atoms with Crippen LogP contribution in [0.25, 0.3) is 0 Å². The van der Waals surface area contributed by atoms with Crippen LogP contribution in [-0.4, -0.2) is 12.2 Å². The first kappa shape index (κ1) is 14.6. The van der Waals surface area contributed by atoms with E-state index in [1.807, 2.05) is 32.0 Å². The second-order valence-electron chi connectivity index (χ2n) is 2.09. The van der Waals surface area contributed by atoms with Crippen molar-refractivity contribution in [3.8, 4) is 0 Å². The van der Waals surface area contributed by atoms with Gasteiger partial charge in [-0.25, -0.2) is 0 Å². The van der Waals surface area contributed by atoms with E-state index in [1.165, 1.54) is 19.3 Å². The number of aromatic nitrogens is 1. The first-order valence-corrected chi connectivity index (χ1v) is 4.73. The van der Waals surface area contributed by atoms with Gasteiger partial charge >= 0.3 is 0 Å². The molecule has 0 spiro atoms. The van der Waals surface area contributed by atoms with Crippen LogP contribution in [0.1, 0.15) is 33.1 Å². The second-order valence-corrected chi connectivity index (χ2v) is 2.09. The normalized spacial score (nSPS) is 10.2. The lowest BCUT2D eigenvalue weighted by molar-refractivity contribution is 0.636. The van der Waals surface area contributed by atoms with Crippen molar-refractivity contribution < 1.29 is 4.39 Å². The summed E-state index contributed by atoms with van der Waals surface area (Å²) in [6.07, 6.45) is 8.00. The van der Waals surface area contributed by atoms with Gasteiger partial charge in [0.1, 0.15) is 0 Å². The minimum atomic E-state index is 0.500. The van der Waals surface area contributed by atoms with E-state index in [1.54, 1.807) is 12.4 Å². The molecule has 2 rings (SSSR count). The van der Waals surface area contributed by atoms with Crippen LogP contribution in [0.15, 0.2) is 30.6 Å². The molecule has 0 radical (unpaired) electrons. The van der Waals surface area contributed by atoms with Crippen LogP contribution in [0.3, 0.4) is 0 Å². The molecule has 1 aliphatic rings. The zero-order chi connectivity index (χ0) is 10.4. The first-order chi connectivity index (χ1) is 6.50. The van der Waals surface area contributed by atoms with Gasteiger partial charge in [0.2, 0.25) is 0 Å². The van der Waals surface area contributed by atoms with Crippen molar-refractivity contribution in [1.29, 1.82) is 0 Å². The molecular weight excluding hydrogens is 165 g/mol. The molecule has 13 heavy (non-hydrogen) atoms. The van der Waals surface area contributed by atoms with E-state index >= 15 is 0 Å². The van der Waals surface area contributed by atoms with Crippen molar-refractivity contribution in [2.75, 3.05) is 7.18 Å². The quantitative estimate of drug-likeness (QED) is 0.598. The van der Waals surface area contributed by atoms with Gasteiger partial charge in [0.15, 0.2) is 0 Å². The molecule has 1 aliphatic carbocycles. The van der Waals surface area contributed by atoms with Crippen LogP contribution in [0.5, 0.6) is 0 Å². The van der Waals surface area contributed by atoms with E-state index in [-0.39, 0.29) is 0 Å². The minimum absolute atomic E-state index is 0.500. The van der Waals surface area contributed by atoms with Gasteiger partial charge in [0.25, 0.3) is 0 Å². The lowest BCUT2D eigenvalue weighted by Crippen LogP contribution is -1.58. The van der Waals surface area contributed by atoms with Crippen LogP contribution in [0.4, 0.5) is 4.39 Å². The first-order valence-electron chi connectivity index (χ1n) is 4.73. The maximum absolute atomic E-state index is 9.50. The third kappa shape index (κ3) is 24.7. The fourth-order valence-electron chi connectivity index (χ4n) is 0.313. The summed E-state index contributed by atoms with van der Waals surface area (Å²) in [7, 11) is 0.500. The van der Waals surface area contributed by atoms with Gasteiger partial charge in [0, 0.05) is 12.4 Å². The average Bonchev–Trinajstić information content (AvgIpc) is 3.14.